The lowest BCUT2D eigenvalue weighted by atomic mass is 10.1. The molecule has 1 heterocycles. The van der Waals surface area contributed by atoms with Gasteiger partial charge in [0.05, 0.1) is 5.56 Å². The van der Waals surface area contributed by atoms with Crippen LogP contribution in [0.1, 0.15) is 10.4 Å². The van der Waals surface area contributed by atoms with Crippen molar-refractivity contribution in [1.82, 2.24) is 0 Å². The first-order valence-corrected chi connectivity index (χ1v) is 5.96. The van der Waals surface area contributed by atoms with Gasteiger partial charge >= 0.3 is 12.1 Å². The molecule has 0 aliphatic rings. The van der Waals surface area contributed by atoms with E-state index in [1.807, 2.05) is 0 Å². The van der Waals surface area contributed by atoms with Crippen LogP contribution in [0, 0.1) is 5.82 Å². The molecule has 0 aliphatic heterocycles. The molecule has 0 aliphatic carbocycles. The van der Waals surface area contributed by atoms with E-state index in [9.17, 15) is 14.0 Å². The lowest BCUT2D eigenvalue weighted by molar-refractivity contribution is 0.0640. The molecule has 1 aromatic carbocycles. The van der Waals surface area contributed by atoms with E-state index in [1.54, 1.807) is 12.1 Å². The highest BCUT2D eigenvalue weighted by Gasteiger charge is 2.18. The summed E-state index contributed by atoms with van der Waals surface area (Å²) < 4.78 is 17.1. The van der Waals surface area contributed by atoms with Gasteiger partial charge < -0.3 is 16.2 Å². The Balaban J connectivity index is 2.33. The summed E-state index contributed by atoms with van der Waals surface area (Å²) in [5.41, 5.74) is 11.2. The fourth-order valence-corrected chi connectivity index (χ4v) is 2.39. The second kappa shape index (κ2) is 5.07. The van der Waals surface area contributed by atoms with Crippen LogP contribution in [-0.4, -0.2) is 12.1 Å². The number of primary amides is 1. The lowest BCUT2D eigenvalue weighted by Gasteiger charge is -1.97. The van der Waals surface area contributed by atoms with Crippen LogP contribution in [0.3, 0.4) is 0 Å². The minimum Gasteiger partial charge on any atom is -0.390 e. The minimum absolute atomic E-state index is 0.0584. The van der Waals surface area contributed by atoms with Gasteiger partial charge in [-0.3, -0.25) is 0 Å². The largest absolute Gasteiger partial charge is 0.412 e. The SMILES string of the molecule is NC(=O)OC(=O)c1cc(-c2ccc(F)cc2)sc1N. The molecule has 0 atom stereocenters. The molecule has 1 amide bonds. The van der Waals surface area contributed by atoms with Crippen LogP contribution in [-0.2, 0) is 4.74 Å². The van der Waals surface area contributed by atoms with Gasteiger partial charge in [0, 0.05) is 4.88 Å². The van der Waals surface area contributed by atoms with Crippen molar-refractivity contribution in [3.63, 3.8) is 0 Å². The molecule has 7 heteroatoms. The number of thiophene rings is 1. The smallest absolute Gasteiger partial charge is 0.390 e. The van der Waals surface area contributed by atoms with Gasteiger partial charge in [-0.2, -0.15) is 0 Å². The average molecular weight is 280 g/mol. The monoisotopic (exact) mass is 280 g/mol. The van der Waals surface area contributed by atoms with Crippen LogP contribution in [0.2, 0.25) is 0 Å². The fraction of sp³-hybridized carbons (Fsp3) is 0. The van der Waals surface area contributed by atoms with E-state index >= 15 is 0 Å². The molecule has 5 nitrogen and oxygen atoms in total. The van der Waals surface area contributed by atoms with E-state index < -0.39 is 12.1 Å². The quantitative estimate of drug-likeness (QED) is 0.652. The van der Waals surface area contributed by atoms with Gasteiger partial charge in [-0.15, -0.1) is 11.3 Å². The van der Waals surface area contributed by atoms with Gasteiger partial charge in [-0.05, 0) is 23.8 Å². The maximum Gasteiger partial charge on any atom is 0.412 e. The van der Waals surface area contributed by atoms with Crippen LogP contribution >= 0.6 is 11.3 Å². The van der Waals surface area contributed by atoms with Crippen molar-refractivity contribution in [2.45, 2.75) is 0 Å². The maximum atomic E-state index is 12.8. The van der Waals surface area contributed by atoms with Crippen LogP contribution in [0.5, 0.6) is 0 Å². The molecule has 2 aromatic rings. The summed E-state index contributed by atoms with van der Waals surface area (Å²) in [6.07, 6.45) is -1.20. The zero-order valence-corrected chi connectivity index (χ0v) is 10.4. The number of nitrogens with two attached hydrogens (primary N) is 2. The molecule has 1 aromatic heterocycles. The van der Waals surface area contributed by atoms with E-state index in [2.05, 4.69) is 4.74 Å². The van der Waals surface area contributed by atoms with E-state index in [1.165, 1.54) is 18.2 Å². The molecular formula is C12H9FN2O3S. The third-order valence-corrected chi connectivity index (χ3v) is 3.32. The molecule has 19 heavy (non-hydrogen) atoms. The van der Waals surface area contributed by atoms with Crippen molar-refractivity contribution >= 4 is 28.4 Å². The van der Waals surface area contributed by atoms with Crippen molar-refractivity contribution < 1.29 is 18.7 Å². The predicted octanol–water partition coefficient (Wildman–Crippen LogP) is 2.37. The minimum atomic E-state index is -1.20. The van der Waals surface area contributed by atoms with E-state index in [4.69, 9.17) is 11.5 Å². The third kappa shape index (κ3) is 2.89. The van der Waals surface area contributed by atoms with Crippen LogP contribution in [0.4, 0.5) is 14.2 Å². The number of nitrogen functional groups attached to an aromatic ring is 1. The predicted molar refractivity (Wildman–Crippen MR) is 69.1 cm³/mol. The number of amides is 1. The Labute approximate surface area is 111 Å². The maximum absolute atomic E-state index is 12.8. The number of hydrogen-bond acceptors (Lipinski definition) is 5. The highest BCUT2D eigenvalue weighted by atomic mass is 32.1. The molecule has 0 radical (unpaired) electrons. The van der Waals surface area contributed by atoms with Crippen LogP contribution in [0.15, 0.2) is 30.3 Å². The molecule has 0 saturated heterocycles. The topological polar surface area (TPSA) is 95.4 Å². The highest BCUT2D eigenvalue weighted by molar-refractivity contribution is 7.19. The standard InChI is InChI=1S/C12H9FN2O3S/c13-7-3-1-6(2-4-7)9-5-8(10(14)19-9)11(16)18-12(15)17/h1-5H,14H2,(H2,15,17). The molecular weight excluding hydrogens is 271 g/mol. The van der Waals surface area contributed by atoms with E-state index in [0.29, 0.717) is 10.4 Å². The summed E-state index contributed by atoms with van der Waals surface area (Å²) >= 11 is 1.13. The van der Waals surface area contributed by atoms with Crippen molar-refractivity contribution in [1.29, 1.82) is 0 Å². The van der Waals surface area contributed by atoms with E-state index in [-0.39, 0.29) is 16.4 Å². The van der Waals surface area contributed by atoms with Gasteiger partial charge in [-0.1, -0.05) is 12.1 Å². The number of esters is 1. The van der Waals surface area contributed by atoms with Crippen molar-refractivity contribution in [3.8, 4) is 10.4 Å². The molecule has 98 valence electrons. The van der Waals surface area contributed by atoms with Gasteiger partial charge in [-0.25, -0.2) is 14.0 Å². The van der Waals surface area contributed by atoms with Crippen molar-refractivity contribution in [2.75, 3.05) is 5.73 Å². The molecule has 0 saturated carbocycles. The Morgan fingerprint density at radius 3 is 2.42 bits per heavy atom. The Morgan fingerprint density at radius 2 is 1.84 bits per heavy atom. The first kappa shape index (κ1) is 13.0. The summed E-state index contributed by atoms with van der Waals surface area (Å²) in [7, 11) is 0. The molecule has 0 fully saturated rings. The number of benzene rings is 1. The molecule has 0 unspecified atom stereocenters. The molecule has 2 rings (SSSR count). The second-order valence-corrected chi connectivity index (χ2v) is 4.69. The molecule has 4 N–H and O–H groups in total. The number of hydrogen-bond donors (Lipinski definition) is 2. The zero-order chi connectivity index (χ0) is 14.0. The second-order valence-electron chi connectivity index (χ2n) is 3.60. The average Bonchev–Trinajstić information content (AvgIpc) is 2.71. The highest BCUT2D eigenvalue weighted by Crippen LogP contribution is 2.33. The Morgan fingerprint density at radius 1 is 1.21 bits per heavy atom. The van der Waals surface area contributed by atoms with E-state index in [0.717, 1.165) is 11.3 Å². The van der Waals surface area contributed by atoms with Crippen LogP contribution in [0.25, 0.3) is 10.4 Å². The summed E-state index contributed by atoms with van der Waals surface area (Å²) in [5.74, 6) is -1.27. The van der Waals surface area contributed by atoms with Gasteiger partial charge in [0.2, 0.25) is 0 Å². The summed E-state index contributed by atoms with van der Waals surface area (Å²) in [5, 5.41) is 0.200. The number of halogens is 1. The normalized spacial score (nSPS) is 10.2. The number of carbonyl (C=O) groups is 2. The fourth-order valence-electron chi connectivity index (χ4n) is 1.47. The van der Waals surface area contributed by atoms with Crippen molar-refractivity contribution in [2.24, 2.45) is 5.73 Å². The Kier molecular flexibility index (Phi) is 3.48. The van der Waals surface area contributed by atoms with Gasteiger partial charge in [0.25, 0.3) is 0 Å². The Bertz CT molecular complexity index is 637. The first-order chi connectivity index (χ1) is 8.97. The Hall–Kier alpha value is -2.41. The summed E-state index contributed by atoms with van der Waals surface area (Å²) in [6.45, 7) is 0. The summed E-state index contributed by atoms with van der Waals surface area (Å²) in [4.78, 5) is 22.7. The third-order valence-electron chi connectivity index (χ3n) is 2.30. The number of rotatable bonds is 2. The molecule has 0 bridgehead atoms. The van der Waals surface area contributed by atoms with Gasteiger partial charge in [0.15, 0.2) is 0 Å². The number of carbonyl (C=O) groups excluding carboxylic acids is 2. The number of ether oxygens (including phenoxy) is 1. The van der Waals surface area contributed by atoms with Crippen molar-refractivity contribution in [3.05, 3.63) is 41.7 Å². The van der Waals surface area contributed by atoms with Gasteiger partial charge in [0.1, 0.15) is 10.8 Å². The summed E-state index contributed by atoms with van der Waals surface area (Å²) in [6, 6.07) is 7.19. The first-order valence-electron chi connectivity index (χ1n) is 5.14. The molecule has 0 spiro atoms. The zero-order valence-electron chi connectivity index (χ0n) is 9.55. The number of anilines is 1. The lowest BCUT2D eigenvalue weighted by Crippen LogP contribution is -2.18. The van der Waals surface area contributed by atoms with Crippen LogP contribution < -0.4 is 11.5 Å².